The molecule has 2 rings (SSSR count). The summed E-state index contributed by atoms with van der Waals surface area (Å²) in [6.07, 6.45) is 3.68. The van der Waals surface area contributed by atoms with Crippen molar-refractivity contribution in [3.8, 4) is 0 Å². The Morgan fingerprint density at radius 1 is 1.29 bits per heavy atom. The van der Waals surface area contributed by atoms with Crippen molar-refractivity contribution in [2.75, 3.05) is 18.4 Å². The zero-order valence-electron chi connectivity index (χ0n) is 15.1. The van der Waals surface area contributed by atoms with Crippen molar-refractivity contribution in [2.45, 2.75) is 52.5 Å². The number of carbonyl (C=O) groups is 2. The van der Waals surface area contributed by atoms with Crippen molar-refractivity contribution in [3.05, 3.63) is 11.8 Å². The van der Waals surface area contributed by atoms with Gasteiger partial charge in [-0.3, -0.25) is 9.48 Å². The van der Waals surface area contributed by atoms with E-state index < -0.39 is 6.04 Å². The average Bonchev–Trinajstić information content (AvgIpc) is 3.22. The number of urea groups is 1. The second-order valence-corrected chi connectivity index (χ2v) is 6.49. The van der Waals surface area contributed by atoms with Crippen molar-refractivity contribution in [3.63, 3.8) is 0 Å². The van der Waals surface area contributed by atoms with E-state index in [0.717, 1.165) is 44.5 Å². The van der Waals surface area contributed by atoms with Gasteiger partial charge >= 0.3 is 6.03 Å². The molecule has 2 heterocycles. The average molecular weight is 335 g/mol. The second kappa shape index (κ2) is 8.17. The Bertz CT molecular complexity index is 578. The van der Waals surface area contributed by atoms with Gasteiger partial charge in [0.15, 0.2) is 0 Å². The Kier molecular flexibility index (Phi) is 6.23. The smallest absolute Gasteiger partial charge is 0.318 e. The van der Waals surface area contributed by atoms with Crippen LogP contribution in [0.25, 0.3) is 0 Å². The number of hydrogen-bond acceptors (Lipinski definition) is 3. The van der Waals surface area contributed by atoms with Gasteiger partial charge in [-0.2, -0.15) is 5.10 Å². The van der Waals surface area contributed by atoms with E-state index >= 15 is 0 Å². The van der Waals surface area contributed by atoms with E-state index in [1.54, 1.807) is 16.6 Å². The molecule has 1 aliphatic heterocycles. The molecule has 134 valence electrons. The number of aryl methyl sites for hydroxylation is 2. The molecule has 2 N–H and O–H groups in total. The molecule has 0 bridgehead atoms. The van der Waals surface area contributed by atoms with E-state index in [0.29, 0.717) is 5.82 Å². The van der Waals surface area contributed by atoms with Gasteiger partial charge in [-0.1, -0.05) is 27.2 Å². The Hall–Kier alpha value is -2.05. The van der Waals surface area contributed by atoms with E-state index in [4.69, 9.17) is 0 Å². The lowest BCUT2D eigenvalue weighted by molar-refractivity contribution is -0.119. The topological polar surface area (TPSA) is 79.3 Å². The van der Waals surface area contributed by atoms with Crippen molar-refractivity contribution in [2.24, 2.45) is 13.0 Å². The number of hydrogen-bond donors (Lipinski definition) is 2. The number of carbonyl (C=O) groups excluding carboxylic acids is 2. The van der Waals surface area contributed by atoms with Crippen LogP contribution in [-0.4, -0.2) is 45.8 Å². The van der Waals surface area contributed by atoms with E-state index in [-0.39, 0.29) is 17.9 Å². The Labute approximate surface area is 143 Å². The molecule has 3 amide bonds. The zero-order valence-corrected chi connectivity index (χ0v) is 15.1. The quantitative estimate of drug-likeness (QED) is 0.836. The number of likely N-dealkylation sites (tertiary alicyclic amines) is 1. The normalized spacial score (nSPS) is 16.8. The molecular weight excluding hydrogens is 306 g/mol. The van der Waals surface area contributed by atoms with E-state index in [1.807, 2.05) is 26.8 Å². The summed E-state index contributed by atoms with van der Waals surface area (Å²) in [4.78, 5) is 26.9. The molecule has 0 aromatic carbocycles. The van der Waals surface area contributed by atoms with Crippen molar-refractivity contribution in [1.29, 1.82) is 0 Å². The van der Waals surface area contributed by atoms with Crippen molar-refractivity contribution in [1.82, 2.24) is 20.0 Å². The first kappa shape index (κ1) is 18.3. The van der Waals surface area contributed by atoms with Gasteiger partial charge in [-0.25, -0.2) is 4.79 Å². The number of nitrogens with one attached hydrogen (secondary N) is 2. The molecule has 1 aromatic rings. The van der Waals surface area contributed by atoms with Gasteiger partial charge in [0.1, 0.15) is 11.9 Å². The first-order chi connectivity index (χ1) is 11.5. The molecule has 7 heteroatoms. The Balaban J connectivity index is 2.06. The molecule has 7 nitrogen and oxygen atoms in total. The fourth-order valence-corrected chi connectivity index (χ4v) is 2.87. The Morgan fingerprint density at radius 3 is 2.50 bits per heavy atom. The van der Waals surface area contributed by atoms with Crippen LogP contribution in [-0.2, 0) is 18.3 Å². The summed E-state index contributed by atoms with van der Waals surface area (Å²) in [5.41, 5.74) is 0.925. The second-order valence-electron chi connectivity index (χ2n) is 6.49. The van der Waals surface area contributed by atoms with Crippen LogP contribution >= 0.6 is 0 Å². The molecule has 0 aliphatic carbocycles. The van der Waals surface area contributed by atoms with Gasteiger partial charge in [-0.05, 0) is 25.2 Å². The predicted molar refractivity (Wildman–Crippen MR) is 93.8 cm³/mol. The molecule has 1 aliphatic rings. The molecular formula is C17H29N5O2. The largest absolute Gasteiger partial charge is 0.326 e. The number of rotatable bonds is 6. The molecule has 2 atom stereocenters. The summed E-state index contributed by atoms with van der Waals surface area (Å²) >= 11 is 0. The third-order valence-electron chi connectivity index (χ3n) is 4.71. The zero-order chi connectivity index (χ0) is 17.7. The SMILES string of the molecule is CCc1cc(NC(=O)[C@@H](NC(=O)N2CCCC2)[C@H](C)CC)n(C)n1. The monoisotopic (exact) mass is 335 g/mol. The molecule has 0 radical (unpaired) electrons. The summed E-state index contributed by atoms with van der Waals surface area (Å²) in [6, 6.07) is 1.17. The van der Waals surface area contributed by atoms with Crippen LogP contribution in [0.2, 0.25) is 0 Å². The highest BCUT2D eigenvalue weighted by Gasteiger charge is 2.29. The maximum Gasteiger partial charge on any atom is 0.318 e. The van der Waals surface area contributed by atoms with Gasteiger partial charge in [0.2, 0.25) is 5.91 Å². The van der Waals surface area contributed by atoms with Crippen molar-refractivity contribution >= 4 is 17.8 Å². The summed E-state index contributed by atoms with van der Waals surface area (Å²) in [6.45, 7) is 7.55. The summed E-state index contributed by atoms with van der Waals surface area (Å²) in [5, 5.41) is 10.2. The van der Waals surface area contributed by atoms with Gasteiger partial charge in [0.25, 0.3) is 0 Å². The predicted octanol–water partition coefficient (Wildman–Crippen LogP) is 2.14. The van der Waals surface area contributed by atoms with Crippen LogP contribution in [0.5, 0.6) is 0 Å². The maximum atomic E-state index is 12.7. The Morgan fingerprint density at radius 2 is 1.96 bits per heavy atom. The van der Waals surface area contributed by atoms with Crippen molar-refractivity contribution < 1.29 is 9.59 Å². The maximum absolute atomic E-state index is 12.7. The van der Waals surface area contributed by atoms with Crippen LogP contribution in [0.4, 0.5) is 10.6 Å². The number of anilines is 1. The molecule has 0 unspecified atom stereocenters. The third-order valence-corrected chi connectivity index (χ3v) is 4.71. The van der Waals surface area contributed by atoms with E-state index in [2.05, 4.69) is 15.7 Å². The lowest BCUT2D eigenvalue weighted by Gasteiger charge is -2.26. The highest BCUT2D eigenvalue weighted by molar-refractivity contribution is 5.96. The summed E-state index contributed by atoms with van der Waals surface area (Å²) < 4.78 is 1.66. The molecule has 1 fully saturated rings. The van der Waals surface area contributed by atoms with Gasteiger partial charge in [0.05, 0.1) is 5.69 Å². The van der Waals surface area contributed by atoms with Crippen LogP contribution in [0, 0.1) is 5.92 Å². The van der Waals surface area contributed by atoms with Crippen LogP contribution in [0.15, 0.2) is 6.07 Å². The first-order valence-electron chi connectivity index (χ1n) is 8.85. The van der Waals surface area contributed by atoms with E-state index in [1.165, 1.54) is 0 Å². The highest BCUT2D eigenvalue weighted by atomic mass is 16.2. The fraction of sp³-hybridized carbons (Fsp3) is 0.706. The number of nitrogens with zero attached hydrogens (tertiary/aromatic N) is 3. The van der Waals surface area contributed by atoms with Gasteiger partial charge in [-0.15, -0.1) is 0 Å². The summed E-state index contributed by atoms with van der Waals surface area (Å²) in [7, 11) is 1.80. The van der Waals surface area contributed by atoms with Crippen LogP contribution in [0.3, 0.4) is 0 Å². The highest BCUT2D eigenvalue weighted by Crippen LogP contribution is 2.15. The van der Waals surface area contributed by atoms with Crippen LogP contribution < -0.4 is 10.6 Å². The lowest BCUT2D eigenvalue weighted by atomic mass is 9.98. The van der Waals surface area contributed by atoms with Crippen LogP contribution in [0.1, 0.15) is 45.7 Å². The fourth-order valence-electron chi connectivity index (χ4n) is 2.87. The lowest BCUT2D eigenvalue weighted by Crippen LogP contribution is -2.51. The third kappa shape index (κ3) is 4.27. The summed E-state index contributed by atoms with van der Waals surface area (Å²) in [5.74, 6) is 0.513. The standard InChI is InChI=1S/C17H29N5O2/c1-5-12(3)15(19-17(24)22-9-7-8-10-22)16(23)18-14-11-13(6-2)20-21(14)4/h11-12,15H,5-10H2,1-4H3,(H,18,23)(H,19,24)/t12-,15+/m1/s1. The molecule has 24 heavy (non-hydrogen) atoms. The molecule has 1 aromatic heterocycles. The molecule has 0 saturated carbocycles. The van der Waals surface area contributed by atoms with E-state index in [9.17, 15) is 9.59 Å². The minimum atomic E-state index is -0.553. The molecule has 1 saturated heterocycles. The minimum absolute atomic E-state index is 0.0513. The number of aromatic nitrogens is 2. The number of amides is 3. The van der Waals surface area contributed by atoms with Gasteiger partial charge < -0.3 is 15.5 Å². The first-order valence-corrected chi connectivity index (χ1v) is 8.85. The minimum Gasteiger partial charge on any atom is -0.326 e. The van der Waals surface area contributed by atoms with Gasteiger partial charge in [0, 0.05) is 26.2 Å². The molecule has 0 spiro atoms.